The van der Waals surface area contributed by atoms with Crippen LogP contribution in [0, 0.1) is 5.41 Å². The number of nitrogens with zero attached hydrogens (tertiary/aromatic N) is 3. The van der Waals surface area contributed by atoms with Gasteiger partial charge in [0.15, 0.2) is 0 Å². The molecule has 6 rings (SSSR count). The van der Waals surface area contributed by atoms with Gasteiger partial charge in [-0.05, 0) is 68.1 Å². The van der Waals surface area contributed by atoms with E-state index in [0.29, 0.717) is 5.69 Å². The van der Waals surface area contributed by atoms with Crippen LogP contribution < -0.4 is 4.90 Å². The molecule has 2 saturated carbocycles. The van der Waals surface area contributed by atoms with Crippen LogP contribution in [0.3, 0.4) is 0 Å². The zero-order chi connectivity index (χ0) is 25.1. The lowest BCUT2D eigenvalue weighted by atomic mass is 9.55. The highest BCUT2D eigenvalue weighted by atomic mass is 19.4. The number of carboxylic acid groups (broad SMARTS) is 1. The fourth-order valence-corrected chi connectivity index (χ4v) is 5.98. The molecule has 0 amide bonds. The van der Waals surface area contributed by atoms with E-state index in [1.54, 1.807) is 18.2 Å². The minimum Gasteiger partial charge on any atom is -0.478 e. The molecular formula is C27H26F3N3O3. The fraction of sp³-hybridized carbons (Fsp3) is 0.444. The minimum atomic E-state index is -4.46. The predicted molar refractivity (Wildman–Crippen MR) is 126 cm³/mol. The van der Waals surface area contributed by atoms with Gasteiger partial charge in [-0.3, -0.25) is 0 Å². The van der Waals surface area contributed by atoms with E-state index in [0.717, 1.165) is 74.8 Å². The molecule has 3 fully saturated rings. The first-order valence-corrected chi connectivity index (χ1v) is 12.3. The van der Waals surface area contributed by atoms with Gasteiger partial charge in [-0.2, -0.15) is 13.2 Å². The van der Waals surface area contributed by atoms with Crippen molar-refractivity contribution in [2.75, 3.05) is 18.0 Å². The highest BCUT2D eigenvalue weighted by molar-refractivity contribution is 5.87. The maximum Gasteiger partial charge on any atom is 0.417 e. The SMILES string of the molecule is O=C(O)c1ccc(N2CCC3(CC2)CC(c2c(-c4ccccc4C(F)(F)F)noc2C2CC2)C3)nc1. The number of hydrogen-bond acceptors (Lipinski definition) is 5. The van der Waals surface area contributed by atoms with Crippen LogP contribution in [0.2, 0.25) is 0 Å². The summed E-state index contributed by atoms with van der Waals surface area (Å²) in [5, 5.41) is 13.3. The Bertz CT molecular complexity index is 1280. The van der Waals surface area contributed by atoms with E-state index in [4.69, 9.17) is 9.63 Å². The summed E-state index contributed by atoms with van der Waals surface area (Å²) in [7, 11) is 0. The van der Waals surface area contributed by atoms with E-state index in [1.165, 1.54) is 18.3 Å². The monoisotopic (exact) mass is 497 g/mol. The third-order valence-electron chi connectivity index (χ3n) is 8.10. The molecule has 1 N–H and O–H groups in total. The highest BCUT2D eigenvalue weighted by Gasteiger charge is 2.50. The van der Waals surface area contributed by atoms with Crippen LogP contribution in [-0.2, 0) is 6.18 Å². The summed E-state index contributed by atoms with van der Waals surface area (Å²) in [6, 6.07) is 8.95. The second kappa shape index (κ2) is 8.35. The largest absolute Gasteiger partial charge is 0.478 e. The van der Waals surface area contributed by atoms with Crippen molar-refractivity contribution in [2.45, 2.75) is 56.5 Å². The molecule has 2 aliphatic carbocycles. The van der Waals surface area contributed by atoms with Crippen molar-refractivity contribution in [3.63, 3.8) is 0 Å². The Balaban J connectivity index is 1.21. The maximum atomic E-state index is 13.8. The standard InChI is InChI=1S/C27H26F3N3O3/c28-27(29,30)20-4-2-1-3-19(20)23-22(24(36-32-23)16-5-6-16)18-13-26(14-18)9-11-33(12-10-26)21-8-7-17(15-31-21)25(34)35/h1-4,7-8,15-16,18H,5-6,9-14H2,(H,34,35). The Kier molecular flexibility index (Phi) is 5.35. The van der Waals surface area contributed by atoms with Gasteiger partial charge < -0.3 is 14.5 Å². The number of carboxylic acids is 1. The molecule has 0 atom stereocenters. The number of benzene rings is 1. The maximum absolute atomic E-state index is 13.8. The summed E-state index contributed by atoms with van der Waals surface area (Å²) in [5.41, 5.74) is 0.976. The second-order valence-corrected chi connectivity index (χ2v) is 10.4. The molecule has 3 aromatic rings. The van der Waals surface area contributed by atoms with Gasteiger partial charge in [0.2, 0.25) is 0 Å². The Morgan fingerprint density at radius 1 is 1.06 bits per heavy atom. The molecule has 1 saturated heterocycles. The van der Waals surface area contributed by atoms with Gasteiger partial charge in [0.25, 0.3) is 0 Å². The number of alkyl halides is 3. The van der Waals surface area contributed by atoms with Crippen LogP contribution in [-0.4, -0.2) is 34.3 Å². The molecule has 1 spiro atoms. The van der Waals surface area contributed by atoms with Crippen LogP contribution in [0.15, 0.2) is 47.1 Å². The lowest BCUT2D eigenvalue weighted by molar-refractivity contribution is -0.137. The molecule has 0 unspecified atom stereocenters. The molecule has 188 valence electrons. The van der Waals surface area contributed by atoms with Crippen LogP contribution in [0.25, 0.3) is 11.3 Å². The lowest BCUT2D eigenvalue weighted by Gasteiger charge is -2.52. The average molecular weight is 498 g/mol. The average Bonchev–Trinajstić information content (AvgIpc) is 3.60. The molecule has 6 nitrogen and oxygen atoms in total. The van der Waals surface area contributed by atoms with Crippen LogP contribution in [0.1, 0.15) is 77.6 Å². The first-order valence-electron chi connectivity index (χ1n) is 12.3. The predicted octanol–water partition coefficient (Wildman–Crippen LogP) is 6.50. The van der Waals surface area contributed by atoms with Crippen molar-refractivity contribution in [1.82, 2.24) is 10.1 Å². The number of aromatic carboxylic acids is 1. The normalized spacial score (nSPS) is 19.9. The van der Waals surface area contributed by atoms with Gasteiger partial charge in [-0.15, -0.1) is 0 Å². The quantitative estimate of drug-likeness (QED) is 0.434. The number of anilines is 1. The number of pyridine rings is 1. The van der Waals surface area contributed by atoms with Crippen molar-refractivity contribution in [3.05, 3.63) is 65.0 Å². The molecule has 2 aromatic heterocycles. The van der Waals surface area contributed by atoms with Gasteiger partial charge in [-0.25, -0.2) is 9.78 Å². The fourth-order valence-electron chi connectivity index (χ4n) is 5.98. The molecule has 1 aromatic carbocycles. The molecule has 3 aliphatic rings. The van der Waals surface area contributed by atoms with Crippen LogP contribution >= 0.6 is 0 Å². The van der Waals surface area contributed by atoms with Gasteiger partial charge in [0.05, 0.1) is 11.1 Å². The Labute approximate surface area is 206 Å². The molecular weight excluding hydrogens is 471 g/mol. The Morgan fingerprint density at radius 3 is 2.39 bits per heavy atom. The van der Waals surface area contributed by atoms with Crippen LogP contribution in [0.4, 0.5) is 19.0 Å². The lowest BCUT2D eigenvalue weighted by Crippen LogP contribution is -2.46. The highest BCUT2D eigenvalue weighted by Crippen LogP contribution is 2.60. The zero-order valence-electron chi connectivity index (χ0n) is 19.6. The zero-order valence-corrected chi connectivity index (χ0v) is 19.6. The van der Waals surface area contributed by atoms with Gasteiger partial charge in [0, 0.05) is 36.3 Å². The molecule has 36 heavy (non-hydrogen) atoms. The Hall–Kier alpha value is -3.36. The van der Waals surface area contributed by atoms with Crippen molar-refractivity contribution < 1.29 is 27.6 Å². The summed E-state index contributed by atoms with van der Waals surface area (Å²) in [5.74, 6) is 0.956. The minimum absolute atomic E-state index is 0.0994. The number of piperidine rings is 1. The summed E-state index contributed by atoms with van der Waals surface area (Å²) in [6.45, 7) is 1.63. The number of hydrogen-bond donors (Lipinski definition) is 1. The van der Waals surface area contributed by atoms with E-state index >= 15 is 0 Å². The molecule has 0 radical (unpaired) electrons. The number of aromatic nitrogens is 2. The van der Waals surface area contributed by atoms with E-state index < -0.39 is 17.7 Å². The number of carbonyl (C=O) groups is 1. The Morgan fingerprint density at radius 2 is 1.78 bits per heavy atom. The van der Waals surface area contributed by atoms with Crippen molar-refractivity contribution in [2.24, 2.45) is 5.41 Å². The van der Waals surface area contributed by atoms with Gasteiger partial charge >= 0.3 is 12.1 Å². The van der Waals surface area contributed by atoms with Crippen molar-refractivity contribution in [1.29, 1.82) is 0 Å². The molecule has 1 aliphatic heterocycles. The summed E-state index contributed by atoms with van der Waals surface area (Å²) >= 11 is 0. The number of halogens is 3. The first-order chi connectivity index (χ1) is 17.2. The molecule has 3 heterocycles. The molecule has 0 bridgehead atoms. The molecule has 9 heteroatoms. The smallest absolute Gasteiger partial charge is 0.417 e. The van der Waals surface area contributed by atoms with E-state index in [2.05, 4.69) is 15.0 Å². The summed E-state index contributed by atoms with van der Waals surface area (Å²) in [6.07, 6.45) is 2.65. The third-order valence-corrected chi connectivity index (χ3v) is 8.10. The van der Waals surface area contributed by atoms with E-state index in [-0.39, 0.29) is 28.4 Å². The van der Waals surface area contributed by atoms with Crippen molar-refractivity contribution >= 4 is 11.8 Å². The summed E-state index contributed by atoms with van der Waals surface area (Å²) < 4.78 is 47.0. The second-order valence-electron chi connectivity index (χ2n) is 10.4. The first kappa shape index (κ1) is 23.1. The van der Waals surface area contributed by atoms with Gasteiger partial charge in [-0.1, -0.05) is 23.4 Å². The third kappa shape index (κ3) is 4.04. The topological polar surface area (TPSA) is 79.5 Å². The van der Waals surface area contributed by atoms with Crippen molar-refractivity contribution in [3.8, 4) is 11.3 Å². The van der Waals surface area contributed by atoms with Gasteiger partial charge in [0.1, 0.15) is 17.3 Å². The summed E-state index contributed by atoms with van der Waals surface area (Å²) in [4.78, 5) is 17.6. The van der Waals surface area contributed by atoms with Crippen LogP contribution in [0.5, 0.6) is 0 Å². The van der Waals surface area contributed by atoms with E-state index in [1.807, 2.05) is 0 Å². The number of rotatable bonds is 5. The van der Waals surface area contributed by atoms with E-state index in [9.17, 15) is 18.0 Å².